The van der Waals surface area contributed by atoms with Crippen molar-refractivity contribution in [1.82, 2.24) is 15.2 Å². The number of carbonyl (C=O) groups is 2. The van der Waals surface area contributed by atoms with Gasteiger partial charge in [0.2, 0.25) is 0 Å². The van der Waals surface area contributed by atoms with Crippen LogP contribution in [0.2, 0.25) is 0 Å². The van der Waals surface area contributed by atoms with Gasteiger partial charge in [0, 0.05) is 5.56 Å². The Morgan fingerprint density at radius 1 is 1.06 bits per heavy atom. The molecule has 2 aromatic rings. The molecule has 1 heterocycles. The minimum atomic E-state index is -1.48. The molecule has 0 aliphatic carbocycles. The molecule has 0 fully saturated rings. The first-order chi connectivity index (χ1) is 8.08. The second-order valence-corrected chi connectivity index (χ2v) is 3.21. The van der Waals surface area contributed by atoms with E-state index in [1.165, 1.54) is 18.5 Å². The van der Waals surface area contributed by atoms with Crippen LogP contribution in [-0.4, -0.2) is 27.1 Å². The minimum absolute atomic E-state index is 0. The van der Waals surface area contributed by atoms with Crippen LogP contribution in [0.3, 0.4) is 0 Å². The first-order valence-electron chi connectivity index (χ1n) is 4.51. The zero-order valence-electron chi connectivity index (χ0n) is 9.04. The van der Waals surface area contributed by atoms with Crippen LogP contribution < -0.4 is 10.2 Å². The summed E-state index contributed by atoms with van der Waals surface area (Å²) in [5.41, 5.74) is -0.250. The smallest absolute Gasteiger partial charge is 0.545 e. The topological polar surface area (TPSA) is 122 Å². The first-order valence-corrected chi connectivity index (χ1v) is 4.51. The molecular weight excluding hydrogens is 292 g/mol. The van der Waals surface area contributed by atoms with Gasteiger partial charge in [-0.1, -0.05) is 0 Å². The van der Waals surface area contributed by atoms with Crippen molar-refractivity contribution in [2.45, 2.75) is 0 Å². The fourth-order valence-electron chi connectivity index (χ4n) is 1.34. The van der Waals surface area contributed by atoms with Crippen molar-refractivity contribution < 1.29 is 39.3 Å². The molecule has 2 rings (SSSR count). The second kappa shape index (κ2) is 5.51. The van der Waals surface area contributed by atoms with E-state index in [0.717, 1.165) is 6.07 Å². The summed E-state index contributed by atoms with van der Waals surface area (Å²) in [5.74, 6) is -2.70. The molecule has 86 valence electrons. The van der Waals surface area contributed by atoms with Gasteiger partial charge in [-0.3, -0.25) is 5.10 Å². The van der Waals surface area contributed by atoms with E-state index in [1.807, 2.05) is 0 Å². The molecule has 0 aliphatic rings. The number of nitrogens with zero attached hydrogens (tertiary/aromatic N) is 2. The van der Waals surface area contributed by atoms with Crippen LogP contribution in [0.25, 0.3) is 11.4 Å². The Labute approximate surface area is 114 Å². The third kappa shape index (κ3) is 2.78. The Hall–Kier alpha value is -2.08. The summed E-state index contributed by atoms with van der Waals surface area (Å²) in [5, 5.41) is 27.5. The van der Waals surface area contributed by atoms with Crippen LogP contribution in [0.4, 0.5) is 0 Å². The number of rotatable bonds is 3. The molecule has 0 saturated carbocycles. The average molecular weight is 297 g/mol. The monoisotopic (exact) mass is 295 g/mol. The van der Waals surface area contributed by atoms with Crippen LogP contribution in [0.1, 0.15) is 20.7 Å². The van der Waals surface area contributed by atoms with Gasteiger partial charge in [-0.05, 0) is 29.3 Å². The van der Waals surface area contributed by atoms with Crippen LogP contribution >= 0.6 is 0 Å². The number of aromatic amines is 1. The molecule has 0 amide bonds. The molecule has 0 unspecified atom stereocenters. The number of nitrogens with one attached hydrogen (secondary N) is 1. The van der Waals surface area contributed by atoms with Gasteiger partial charge in [-0.15, -0.1) is 0 Å². The fourth-order valence-corrected chi connectivity index (χ4v) is 1.34. The third-order valence-electron chi connectivity index (χ3n) is 2.09. The number of carboxylic acid groups (broad SMARTS) is 2. The molecule has 0 atom stereocenters. The summed E-state index contributed by atoms with van der Waals surface area (Å²) in [7, 11) is 0. The number of hydrogen-bond donors (Lipinski definition) is 1. The molecule has 8 heteroatoms. The Bertz CT molecular complexity index is 551. The van der Waals surface area contributed by atoms with Gasteiger partial charge in [0.25, 0.3) is 0 Å². The summed E-state index contributed by atoms with van der Waals surface area (Å²) in [6.45, 7) is 0. The SMILES string of the molecule is O=C([O-])c1cc(C(=O)[O-])cc(-c2ncn[nH]2)c1.[Zn+2]. The Morgan fingerprint density at radius 2 is 1.61 bits per heavy atom. The van der Waals surface area contributed by atoms with Crippen LogP contribution in [0.5, 0.6) is 0 Å². The van der Waals surface area contributed by atoms with E-state index in [0.29, 0.717) is 0 Å². The molecule has 0 bridgehead atoms. The predicted molar refractivity (Wildman–Crippen MR) is 50.5 cm³/mol. The first kappa shape index (κ1) is 14.0. The maximum absolute atomic E-state index is 10.7. The van der Waals surface area contributed by atoms with Gasteiger partial charge in [-0.2, -0.15) is 5.10 Å². The quantitative estimate of drug-likeness (QED) is 0.667. The molecular formula is C10H5N3O4Zn. The normalized spacial score (nSPS) is 9.56. The van der Waals surface area contributed by atoms with Gasteiger partial charge >= 0.3 is 19.5 Å². The molecule has 7 nitrogen and oxygen atoms in total. The van der Waals surface area contributed by atoms with E-state index in [4.69, 9.17) is 0 Å². The Morgan fingerprint density at radius 3 is 2.00 bits per heavy atom. The average Bonchev–Trinajstić information content (AvgIpc) is 2.81. The number of aromatic carboxylic acids is 2. The van der Waals surface area contributed by atoms with Gasteiger partial charge in [-0.25, -0.2) is 4.98 Å². The molecule has 1 N–H and O–H groups in total. The standard InChI is InChI=1S/C10H7N3O4.Zn/c14-9(15)6-1-5(8-11-4-12-13-8)2-7(3-6)10(16)17;/h1-4H,(H,14,15)(H,16,17)(H,11,12,13);/q;+2/p-2. The van der Waals surface area contributed by atoms with Crippen molar-refractivity contribution in [3.8, 4) is 11.4 Å². The van der Waals surface area contributed by atoms with E-state index < -0.39 is 11.9 Å². The molecule has 0 saturated heterocycles. The number of H-pyrrole nitrogens is 1. The molecule has 0 spiro atoms. The second-order valence-electron chi connectivity index (χ2n) is 3.21. The van der Waals surface area contributed by atoms with Gasteiger partial charge in [0.15, 0.2) is 5.82 Å². The number of aromatic nitrogens is 3. The molecule has 1 aromatic carbocycles. The van der Waals surface area contributed by atoms with Crippen LogP contribution in [0.15, 0.2) is 24.5 Å². The molecule has 18 heavy (non-hydrogen) atoms. The van der Waals surface area contributed by atoms with Crippen LogP contribution in [-0.2, 0) is 19.5 Å². The molecule has 0 aliphatic heterocycles. The number of hydrogen-bond acceptors (Lipinski definition) is 6. The summed E-state index contributed by atoms with van der Waals surface area (Å²) >= 11 is 0. The summed E-state index contributed by atoms with van der Waals surface area (Å²) < 4.78 is 0. The van der Waals surface area contributed by atoms with Gasteiger partial charge in [0.1, 0.15) is 6.33 Å². The van der Waals surface area contributed by atoms with E-state index in [2.05, 4.69) is 15.2 Å². The van der Waals surface area contributed by atoms with Crippen molar-refractivity contribution in [3.63, 3.8) is 0 Å². The van der Waals surface area contributed by atoms with Gasteiger partial charge in [0.05, 0.1) is 11.9 Å². The largest absolute Gasteiger partial charge is 2.00 e. The summed E-state index contributed by atoms with van der Waals surface area (Å²) in [4.78, 5) is 25.2. The van der Waals surface area contributed by atoms with Gasteiger partial charge < -0.3 is 19.8 Å². The summed E-state index contributed by atoms with van der Waals surface area (Å²) in [6.07, 6.45) is 1.22. The Balaban J connectivity index is 0.00000162. The number of carbonyl (C=O) groups excluding carboxylic acids is 2. The van der Waals surface area contributed by atoms with E-state index in [9.17, 15) is 19.8 Å². The van der Waals surface area contributed by atoms with E-state index >= 15 is 0 Å². The zero-order chi connectivity index (χ0) is 12.4. The molecule has 1 aromatic heterocycles. The summed E-state index contributed by atoms with van der Waals surface area (Å²) in [6, 6.07) is 3.44. The van der Waals surface area contributed by atoms with Crippen molar-refractivity contribution in [2.24, 2.45) is 0 Å². The zero-order valence-corrected chi connectivity index (χ0v) is 12.0. The van der Waals surface area contributed by atoms with Crippen molar-refractivity contribution in [3.05, 3.63) is 35.7 Å². The predicted octanol–water partition coefficient (Wildman–Crippen LogP) is -1.80. The van der Waals surface area contributed by atoms with Crippen molar-refractivity contribution in [1.29, 1.82) is 0 Å². The van der Waals surface area contributed by atoms with E-state index in [-0.39, 0.29) is 42.0 Å². The molecule has 0 radical (unpaired) electrons. The number of benzene rings is 1. The van der Waals surface area contributed by atoms with Crippen molar-refractivity contribution in [2.75, 3.05) is 0 Å². The number of carboxylic acids is 2. The van der Waals surface area contributed by atoms with Crippen molar-refractivity contribution >= 4 is 11.9 Å². The fraction of sp³-hybridized carbons (Fsp3) is 0. The Kier molecular flexibility index (Phi) is 4.28. The third-order valence-corrected chi connectivity index (χ3v) is 2.09. The maximum Gasteiger partial charge on any atom is 2.00 e. The minimum Gasteiger partial charge on any atom is -0.545 e. The van der Waals surface area contributed by atoms with E-state index in [1.54, 1.807) is 0 Å². The van der Waals surface area contributed by atoms with Crippen LogP contribution in [0, 0.1) is 0 Å². The maximum atomic E-state index is 10.7.